The van der Waals surface area contributed by atoms with Crippen molar-refractivity contribution >= 4 is 0 Å². The molecule has 2 nitrogen and oxygen atoms in total. The molecule has 0 spiro atoms. The normalized spacial score (nSPS) is 11.7. The van der Waals surface area contributed by atoms with Gasteiger partial charge < -0.3 is 0 Å². The van der Waals surface area contributed by atoms with Gasteiger partial charge in [0, 0.05) is 11.6 Å². The van der Waals surface area contributed by atoms with Crippen molar-refractivity contribution in [3.8, 4) is 17.3 Å². The summed E-state index contributed by atoms with van der Waals surface area (Å²) in [5, 5.41) is 8.82. The molecule has 0 aliphatic carbocycles. The number of fused-ring (bicyclic) bond motifs is 3. The molecule has 0 atom stereocenters. The molecule has 1 aliphatic rings. The second-order valence-electron chi connectivity index (χ2n) is 3.70. The molecular weight excluding hydrogens is 184 g/mol. The second kappa shape index (κ2) is 2.93. The van der Waals surface area contributed by atoms with Gasteiger partial charge in [-0.25, -0.2) is 0 Å². The van der Waals surface area contributed by atoms with Gasteiger partial charge >= 0.3 is 0 Å². The molecule has 2 heterocycles. The van der Waals surface area contributed by atoms with Gasteiger partial charge in [-0.3, -0.25) is 0 Å². The molecule has 0 N–H and O–H groups in total. The Morgan fingerprint density at radius 1 is 1.13 bits per heavy atom. The molecule has 0 saturated carbocycles. The quantitative estimate of drug-likeness (QED) is 0.501. The third-order valence-corrected chi connectivity index (χ3v) is 2.79. The van der Waals surface area contributed by atoms with Gasteiger partial charge in [0.05, 0.1) is 5.56 Å². The molecule has 1 aromatic carbocycles. The highest BCUT2D eigenvalue weighted by Crippen LogP contribution is 2.25. The Morgan fingerprint density at radius 3 is 2.87 bits per heavy atom. The predicted molar refractivity (Wildman–Crippen MR) is 55.9 cm³/mol. The third kappa shape index (κ3) is 1.14. The van der Waals surface area contributed by atoms with E-state index in [0.29, 0.717) is 5.56 Å². The summed E-state index contributed by atoms with van der Waals surface area (Å²) in [5.74, 6) is 0. The summed E-state index contributed by atoms with van der Waals surface area (Å²) in [6.07, 6.45) is 1.91. The first kappa shape index (κ1) is 8.19. The number of rotatable bonds is 0. The lowest BCUT2D eigenvalue weighted by molar-refractivity contribution is -0.672. The molecule has 70 valence electrons. The number of nitriles is 1. The maximum atomic E-state index is 8.82. The van der Waals surface area contributed by atoms with Crippen molar-refractivity contribution in [2.24, 2.45) is 0 Å². The number of aromatic nitrogens is 1. The molecule has 15 heavy (non-hydrogen) atoms. The van der Waals surface area contributed by atoms with E-state index < -0.39 is 0 Å². The summed E-state index contributed by atoms with van der Waals surface area (Å²) < 4.78 is 2.13. The lowest BCUT2D eigenvalue weighted by atomic mass is 10.1. The van der Waals surface area contributed by atoms with E-state index in [1.807, 2.05) is 24.4 Å². The van der Waals surface area contributed by atoms with Crippen LogP contribution in [-0.2, 0) is 6.54 Å². The molecule has 0 unspecified atom stereocenters. The van der Waals surface area contributed by atoms with Crippen LogP contribution in [-0.4, -0.2) is 0 Å². The average molecular weight is 193 g/mol. The van der Waals surface area contributed by atoms with Crippen molar-refractivity contribution < 1.29 is 4.57 Å². The van der Waals surface area contributed by atoms with Gasteiger partial charge in [-0.1, -0.05) is 18.2 Å². The third-order valence-electron chi connectivity index (χ3n) is 2.79. The summed E-state index contributed by atoms with van der Waals surface area (Å²) in [7, 11) is 0. The largest absolute Gasteiger partial charge is 0.213 e. The van der Waals surface area contributed by atoms with Crippen LogP contribution in [0.15, 0.2) is 42.6 Å². The van der Waals surface area contributed by atoms with E-state index in [-0.39, 0.29) is 0 Å². The highest BCUT2D eigenvalue weighted by Gasteiger charge is 2.25. The lowest BCUT2D eigenvalue weighted by Crippen LogP contribution is -2.32. The summed E-state index contributed by atoms with van der Waals surface area (Å²) in [6, 6.07) is 14.4. The maximum absolute atomic E-state index is 8.82. The van der Waals surface area contributed by atoms with Gasteiger partial charge in [0.25, 0.3) is 0 Å². The number of nitrogens with zero attached hydrogens (tertiary/aromatic N) is 2. The van der Waals surface area contributed by atoms with E-state index >= 15 is 0 Å². The van der Waals surface area contributed by atoms with Crippen molar-refractivity contribution in [2.45, 2.75) is 6.54 Å². The van der Waals surface area contributed by atoms with Crippen LogP contribution in [0.1, 0.15) is 11.1 Å². The number of hydrogen-bond acceptors (Lipinski definition) is 1. The van der Waals surface area contributed by atoms with Crippen LogP contribution in [0, 0.1) is 11.3 Å². The second-order valence-corrected chi connectivity index (χ2v) is 3.70. The molecule has 0 saturated heterocycles. The van der Waals surface area contributed by atoms with Crippen molar-refractivity contribution in [1.82, 2.24) is 0 Å². The molecule has 2 aromatic rings. The monoisotopic (exact) mass is 193 g/mol. The Kier molecular flexibility index (Phi) is 1.60. The zero-order valence-corrected chi connectivity index (χ0v) is 8.14. The molecule has 0 bridgehead atoms. The molecule has 2 heteroatoms. The van der Waals surface area contributed by atoms with Gasteiger partial charge in [-0.15, -0.1) is 0 Å². The molecular formula is C13H9N2+. The van der Waals surface area contributed by atoms with E-state index in [2.05, 4.69) is 28.8 Å². The highest BCUT2D eigenvalue weighted by atomic mass is 15.0. The highest BCUT2D eigenvalue weighted by molar-refractivity contribution is 5.63. The first-order valence-corrected chi connectivity index (χ1v) is 4.90. The molecule has 0 amide bonds. The van der Waals surface area contributed by atoms with Crippen LogP contribution in [0.25, 0.3) is 11.3 Å². The number of benzene rings is 1. The Morgan fingerprint density at radius 2 is 2.00 bits per heavy atom. The van der Waals surface area contributed by atoms with Gasteiger partial charge in [-0.2, -0.15) is 9.83 Å². The first-order chi connectivity index (χ1) is 7.38. The molecule has 1 aliphatic heterocycles. The van der Waals surface area contributed by atoms with Crippen LogP contribution < -0.4 is 4.57 Å². The minimum Gasteiger partial charge on any atom is -0.193 e. The fraction of sp³-hybridized carbons (Fsp3) is 0.0769. The van der Waals surface area contributed by atoms with Crippen molar-refractivity contribution in [1.29, 1.82) is 5.26 Å². The van der Waals surface area contributed by atoms with E-state index in [9.17, 15) is 0 Å². The smallest absolute Gasteiger partial charge is 0.193 e. The van der Waals surface area contributed by atoms with Crippen molar-refractivity contribution in [2.75, 3.05) is 0 Å². The number of pyridine rings is 1. The SMILES string of the molecule is N#Cc1ccc2[n+](c1)Cc1ccccc1-2. The Hall–Kier alpha value is -2.14. The van der Waals surface area contributed by atoms with Crippen molar-refractivity contribution in [3.63, 3.8) is 0 Å². The van der Waals surface area contributed by atoms with Crippen LogP contribution in [0.2, 0.25) is 0 Å². The van der Waals surface area contributed by atoms with Crippen LogP contribution in [0.5, 0.6) is 0 Å². The average Bonchev–Trinajstić information content (AvgIpc) is 2.66. The van der Waals surface area contributed by atoms with Gasteiger partial charge in [-0.05, 0) is 12.1 Å². The minimum absolute atomic E-state index is 0.714. The Balaban J connectivity index is 2.23. The fourth-order valence-electron chi connectivity index (χ4n) is 2.08. The topological polar surface area (TPSA) is 27.7 Å². The van der Waals surface area contributed by atoms with Crippen molar-refractivity contribution in [3.05, 3.63) is 53.7 Å². The molecule has 0 radical (unpaired) electrons. The fourth-order valence-corrected chi connectivity index (χ4v) is 2.08. The predicted octanol–water partition coefficient (Wildman–Crippen LogP) is 1.87. The zero-order chi connectivity index (χ0) is 10.3. The molecule has 3 rings (SSSR count). The van der Waals surface area contributed by atoms with Crippen LogP contribution in [0.3, 0.4) is 0 Å². The van der Waals surface area contributed by atoms with Gasteiger partial charge in [0.1, 0.15) is 11.6 Å². The molecule has 1 aromatic heterocycles. The first-order valence-electron chi connectivity index (χ1n) is 4.90. The summed E-state index contributed by atoms with van der Waals surface area (Å²) in [5.41, 5.74) is 4.52. The van der Waals surface area contributed by atoms with E-state index in [1.165, 1.54) is 16.8 Å². The van der Waals surface area contributed by atoms with Gasteiger partial charge in [0.2, 0.25) is 5.69 Å². The van der Waals surface area contributed by atoms with E-state index in [1.54, 1.807) is 0 Å². The maximum Gasteiger partial charge on any atom is 0.213 e. The summed E-state index contributed by atoms with van der Waals surface area (Å²) >= 11 is 0. The van der Waals surface area contributed by atoms with E-state index in [4.69, 9.17) is 5.26 Å². The summed E-state index contributed by atoms with van der Waals surface area (Å²) in [4.78, 5) is 0. The minimum atomic E-state index is 0.714. The van der Waals surface area contributed by atoms with Crippen LogP contribution in [0.4, 0.5) is 0 Å². The number of hydrogen-bond donors (Lipinski definition) is 0. The van der Waals surface area contributed by atoms with Crippen LogP contribution >= 0.6 is 0 Å². The summed E-state index contributed by atoms with van der Waals surface area (Å²) in [6.45, 7) is 0.876. The zero-order valence-electron chi connectivity index (χ0n) is 8.14. The Bertz CT molecular complexity index is 579. The Labute approximate surface area is 88.0 Å². The molecule has 0 fully saturated rings. The lowest BCUT2D eigenvalue weighted by Gasteiger charge is -1.92. The standard InChI is InChI=1S/C13H9N2/c14-7-10-5-6-13-12-4-2-1-3-11(12)9-15(13)8-10/h1-6,8H,9H2/q+1. The van der Waals surface area contributed by atoms with E-state index in [0.717, 1.165) is 6.54 Å². The van der Waals surface area contributed by atoms with Gasteiger partial charge in [0.15, 0.2) is 12.7 Å².